The van der Waals surface area contributed by atoms with E-state index in [1.807, 2.05) is 31.2 Å². The first-order valence-electron chi connectivity index (χ1n) is 6.03. The third-order valence-corrected chi connectivity index (χ3v) is 2.93. The van der Waals surface area contributed by atoms with Crippen molar-refractivity contribution in [2.45, 2.75) is 6.92 Å². The van der Waals surface area contributed by atoms with E-state index in [1.54, 1.807) is 0 Å². The Bertz CT molecular complexity index is 542. The van der Waals surface area contributed by atoms with Crippen LogP contribution in [0.3, 0.4) is 0 Å². The maximum Gasteiger partial charge on any atom is 0.138 e. The summed E-state index contributed by atoms with van der Waals surface area (Å²) < 4.78 is 18.3. The summed E-state index contributed by atoms with van der Waals surface area (Å²) in [5.41, 5.74) is 2.26. The average Bonchev–Trinajstić information content (AvgIpc) is 2.39. The smallest absolute Gasteiger partial charge is 0.138 e. The molecule has 100 valence electrons. The van der Waals surface area contributed by atoms with Crippen LogP contribution in [0.1, 0.15) is 5.56 Å². The van der Waals surface area contributed by atoms with E-state index in [0.29, 0.717) is 18.9 Å². The van der Waals surface area contributed by atoms with Gasteiger partial charge in [0.25, 0.3) is 0 Å². The van der Waals surface area contributed by atoms with E-state index in [9.17, 15) is 4.39 Å². The minimum absolute atomic E-state index is 0.287. The van der Waals surface area contributed by atoms with Crippen LogP contribution in [-0.2, 0) is 0 Å². The third-order valence-electron chi connectivity index (χ3n) is 2.63. The van der Waals surface area contributed by atoms with Crippen molar-refractivity contribution in [2.24, 2.45) is 0 Å². The SMILES string of the molecule is Cc1ccc(NCCOc2ccc(F)cc2Cl)cc1. The molecule has 0 radical (unpaired) electrons. The lowest BCUT2D eigenvalue weighted by Gasteiger charge is -2.10. The number of hydrogen-bond acceptors (Lipinski definition) is 2. The molecule has 0 aromatic heterocycles. The Morgan fingerprint density at radius 1 is 1.16 bits per heavy atom. The molecule has 0 fully saturated rings. The second kappa shape index (κ2) is 6.43. The van der Waals surface area contributed by atoms with Crippen molar-refractivity contribution in [3.05, 3.63) is 58.9 Å². The highest BCUT2D eigenvalue weighted by atomic mass is 35.5. The molecule has 0 aliphatic rings. The van der Waals surface area contributed by atoms with Crippen molar-refractivity contribution in [2.75, 3.05) is 18.5 Å². The summed E-state index contributed by atoms with van der Waals surface area (Å²) in [6.45, 7) is 3.15. The van der Waals surface area contributed by atoms with Crippen LogP contribution in [0.4, 0.5) is 10.1 Å². The van der Waals surface area contributed by atoms with Crippen molar-refractivity contribution in [1.82, 2.24) is 0 Å². The Morgan fingerprint density at radius 3 is 2.58 bits per heavy atom. The summed E-state index contributed by atoms with van der Waals surface area (Å²) in [5, 5.41) is 3.52. The van der Waals surface area contributed by atoms with Gasteiger partial charge in [-0.2, -0.15) is 0 Å². The van der Waals surface area contributed by atoms with Crippen molar-refractivity contribution in [1.29, 1.82) is 0 Å². The Hall–Kier alpha value is -1.74. The van der Waals surface area contributed by atoms with E-state index >= 15 is 0 Å². The third kappa shape index (κ3) is 4.14. The first-order chi connectivity index (χ1) is 9.15. The number of hydrogen-bond donors (Lipinski definition) is 1. The molecule has 0 saturated carbocycles. The van der Waals surface area contributed by atoms with Crippen molar-refractivity contribution in [3.8, 4) is 5.75 Å². The molecule has 2 aromatic rings. The second-order valence-corrected chi connectivity index (χ2v) is 4.62. The van der Waals surface area contributed by atoms with E-state index in [1.165, 1.54) is 23.8 Å². The lowest BCUT2D eigenvalue weighted by atomic mass is 10.2. The summed E-state index contributed by atoms with van der Waals surface area (Å²) in [6.07, 6.45) is 0. The van der Waals surface area contributed by atoms with Gasteiger partial charge in [-0.1, -0.05) is 29.3 Å². The van der Waals surface area contributed by atoms with Crippen LogP contribution in [0, 0.1) is 12.7 Å². The molecule has 19 heavy (non-hydrogen) atoms. The zero-order valence-corrected chi connectivity index (χ0v) is 11.4. The predicted molar refractivity (Wildman–Crippen MR) is 76.6 cm³/mol. The zero-order valence-electron chi connectivity index (χ0n) is 10.6. The van der Waals surface area contributed by atoms with Gasteiger partial charge < -0.3 is 10.1 Å². The largest absolute Gasteiger partial charge is 0.490 e. The van der Waals surface area contributed by atoms with Crippen LogP contribution >= 0.6 is 11.6 Å². The van der Waals surface area contributed by atoms with Crippen LogP contribution in [0.25, 0.3) is 0 Å². The maximum atomic E-state index is 12.8. The van der Waals surface area contributed by atoms with Crippen LogP contribution in [-0.4, -0.2) is 13.2 Å². The van der Waals surface area contributed by atoms with Gasteiger partial charge in [0.1, 0.15) is 18.2 Å². The van der Waals surface area contributed by atoms with Gasteiger partial charge in [-0.25, -0.2) is 4.39 Å². The summed E-state index contributed by atoms with van der Waals surface area (Å²) in [4.78, 5) is 0. The van der Waals surface area contributed by atoms with Crippen molar-refractivity contribution < 1.29 is 9.13 Å². The number of benzene rings is 2. The topological polar surface area (TPSA) is 21.3 Å². The summed E-state index contributed by atoms with van der Waals surface area (Å²) in [7, 11) is 0. The normalized spacial score (nSPS) is 10.3. The lowest BCUT2D eigenvalue weighted by molar-refractivity contribution is 0.332. The van der Waals surface area contributed by atoms with E-state index in [2.05, 4.69) is 5.32 Å². The molecular formula is C15H15ClFNO. The highest BCUT2D eigenvalue weighted by molar-refractivity contribution is 6.32. The van der Waals surface area contributed by atoms with Gasteiger partial charge >= 0.3 is 0 Å². The summed E-state index contributed by atoms with van der Waals surface area (Å²) in [5.74, 6) is 0.129. The van der Waals surface area contributed by atoms with Crippen LogP contribution < -0.4 is 10.1 Å². The summed E-state index contributed by atoms with van der Waals surface area (Å²) >= 11 is 5.86. The van der Waals surface area contributed by atoms with Gasteiger partial charge in [-0.3, -0.25) is 0 Å². The number of halogens is 2. The molecule has 0 unspecified atom stereocenters. The predicted octanol–water partition coefficient (Wildman–Crippen LogP) is 4.28. The van der Waals surface area contributed by atoms with E-state index in [4.69, 9.17) is 16.3 Å². The molecule has 0 amide bonds. The molecular weight excluding hydrogens is 265 g/mol. The minimum Gasteiger partial charge on any atom is -0.490 e. The molecule has 0 spiro atoms. The van der Waals surface area contributed by atoms with Gasteiger partial charge in [0, 0.05) is 12.2 Å². The standard InChI is InChI=1S/C15H15ClFNO/c1-11-2-5-13(6-3-11)18-8-9-19-15-7-4-12(17)10-14(15)16/h2-7,10,18H,8-9H2,1H3. The number of ether oxygens (including phenoxy) is 1. The van der Waals surface area contributed by atoms with E-state index in [0.717, 1.165) is 5.69 Å². The number of anilines is 1. The molecule has 0 atom stereocenters. The zero-order chi connectivity index (χ0) is 13.7. The van der Waals surface area contributed by atoms with E-state index < -0.39 is 0 Å². The maximum absolute atomic E-state index is 12.8. The Balaban J connectivity index is 1.79. The average molecular weight is 280 g/mol. The quantitative estimate of drug-likeness (QED) is 0.825. The molecule has 2 rings (SSSR count). The summed E-state index contributed by atoms with van der Waals surface area (Å²) in [6, 6.07) is 12.2. The second-order valence-electron chi connectivity index (χ2n) is 4.22. The Kier molecular flexibility index (Phi) is 4.63. The van der Waals surface area contributed by atoms with Gasteiger partial charge in [-0.05, 0) is 37.3 Å². The Labute approximate surface area is 117 Å². The molecule has 0 aliphatic carbocycles. The highest BCUT2D eigenvalue weighted by Gasteiger charge is 2.02. The fraction of sp³-hybridized carbons (Fsp3) is 0.200. The molecule has 0 bridgehead atoms. The monoisotopic (exact) mass is 279 g/mol. The van der Waals surface area contributed by atoms with Crippen LogP contribution in [0.2, 0.25) is 5.02 Å². The first-order valence-corrected chi connectivity index (χ1v) is 6.41. The first kappa shape index (κ1) is 13.7. The number of aryl methyl sites for hydroxylation is 1. The lowest BCUT2D eigenvalue weighted by Crippen LogP contribution is -2.11. The number of nitrogens with one attached hydrogen (secondary N) is 1. The molecule has 2 nitrogen and oxygen atoms in total. The minimum atomic E-state index is -0.366. The molecule has 1 N–H and O–H groups in total. The van der Waals surface area contributed by atoms with Gasteiger partial charge in [0.15, 0.2) is 0 Å². The van der Waals surface area contributed by atoms with Gasteiger partial charge in [-0.15, -0.1) is 0 Å². The van der Waals surface area contributed by atoms with Crippen LogP contribution in [0.15, 0.2) is 42.5 Å². The molecule has 0 aliphatic heterocycles. The molecule has 0 saturated heterocycles. The van der Waals surface area contributed by atoms with Gasteiger partial charge in [0.05, 0.1) is 5.02 Å². The number of rotatable bonds is 5. The van der Waals surface area contributed by atoms with Crippen molar-refractivity contribution >= 4 is 17.3 Å². The molecule has 4 heteroatoms. The van der Waals surface area contributed by atoms with Gasteiger partial charge in [0.2, 0.25) is 0 Å². The molecule has 2 aromatic carbocycles. The van der Waals surface area contributed by atoms with Crippen LogP contribution in [0.5, 0.6) is 5.75 Å². The molecule has 0 heterocycles. The van der Waals surface area contributed by atoms with Crippen molar-refractivity contribution in [3.63, 3.8) is 0 Å². The fourth-order valence-electron chi connectivity index (χ4n) is 1.62. The highest BCUT2D eigenvalue weighted by Crippen LogP contribution is 2.24. The Morgan fingerprint density at radius 2 is 1.89 bits per heavy atom. The van der Waals surface area contributed by atoms with E-state index in [-0.39, 0.29) is 10.8 Å². The fourth-order valence-corrected chi connectivity index (χ4v) is 1.84.